The Morgan fingerprint density at radius 1 is 0.938 bits per heavy atom. The number of esters is 1. The van der Waals surface area contributed by atoms with Crippen molar-refractivity contribution in [3.05, 3.63) is 95.8 Å². The van der Waals surface area contributed by atoms with Gasteiger partial charge in [0.15, 0.2) is 0 Å². The maximum Gasteiger partial charge on any atom is 0.308 e. The lowest BCUT2D eigenvalue weighted by molar-refractivity contribution is -0.147. The normalized spacial score (nSPS) is 11.3. The van der Waals surface area contributed by atoms with Crippen molar-refractivity contribution in [3.8, 4) is 6.07 Å². The fourth-order valence-electron chi connectivity index (χ4n) is 3.37. The molecule has 0 spiro atoms. The number of carbonyl (C=O) groups excluding carboxylic acids is 2. The molecular formula is C26H27N3O3. The van der Waals surface area contributed by atoms with Gasteiger partial charge in [0.25, 0.3) is 0 Å². The van der Waals surface area contributed by atoms with Gasteiger partial charge in [-0.05, 0) is 54.7 Å². The highest BCUT2D eigenvalue weighted by atomic mass is 16.5. The first kappa shape index (κ1) is 22.8. The van der Waals surface area contributed by atoms with Gasteiger partial charge >= 0.3 is 5.97 Å². The SMILES string of the molecule is N#Cc1ccc(CCCCNC(=O)[C@@H](CC(=O)OCc2ccccc2)n2cccc2)cc1. The minimum Gasteiger partial charge on any atom is -0.461 e. The van der Waals surface area contributed by atoms with Gasteiger partial charge < -0.3 is 14.6 Å². The predicted octanol–water partition coefficient (Wildman–Crippen LogP) is 4.17. The molecule has 1 amide bonds. The van der Waals surface area contributed by atoms with Crippen LogP contribution in [0.2, 0.25) is 0 Å². The number of carbonyl (C=O) groups is 2. The molecule has 3 aromatic rings. The molecular weight excluding hydrogens is 402 g/mol. The number of nitriles is 1. The number of ether oxygens (including phenoxy) is 1. The minimum absolute atomic E-state index is 0.0292. The Kier molecular flexibility index (Phi) is 8.64. The van der Waals surface area contributed by atoms with E-state index in [0.717, 1.165) is 24.8 Å². The molecule has 164 valence electrons. The third-order valence-corrected chi connectivity index (χ3v) is 5.17. The molecule has 6 nitrogen and oxygen atoms in total. The number of hydrogen-bond acceptors (Lipinski definition) is 4. The van der Waals surface area contributed by atoms with Crippen LogP contribution in [0, 0.1) is 11.3 Å². The second-order valence-corrected chi connectivity index (χ2v) is 7.55. The van der Waals surface area contributed by atoms with Crippen molar-refractivity contribution in [2.24, 2.45) is 0 Å². The molecule has 0 aliphatic heterocycles. The predicted molar refractivity (Wildman–Crippen MR) is 121 cm³/mol. The number of amides is 1. The van der Waals surface area contributed by atoms with E-state index >= 15 is 0 Å². The molecule has 32 heavy (non-hydrogen) atoms. The molecule has 1 N–H and O–H groups in total. The summed E-state index contributed by atoms with van der Waals surface area (Å²) in [6, 6.07) is 22.1. The molecule has 1 heterocycles. The Hall–Kier alpha value is -3.85. The van der Waals surface area contributed by atoms with Crippen LogP contribution in [0.1, 0.15) is 42.0 Å². The summed E-state index contributed by atoms with van der Waals surface area (Å²) >= 11 is 0. The van der Waals surface area contributed by atoms with Crippen LogP contribution in [0.25, 0.3) is 0 Å². The van der Waals surface area contributed by atoms with Gasteiger partial charge in [-0.3, -0.25) is 9.59 Å². The Labute approximate surface area is 188 Å². The lowest BCUT2D eigenvalue weighted by Crippen LogP contribution is -2.34. The second-order valence-electron chi connectivity index (χ2n) is 7.55. The average molecular weight is 430 g/mol. The van der Waals surface area contributed by atoms with Crippen LogP contribution in [0.3, 0.4) is 0 Å². The summed E-state index contributed by atoms with van der Waals surface area (Å²) in [5.41, 5.74) is 2.73. The van der Waals surface area contributed by atoms with Crippen molar-refractivity contribution in [1.82, 2.24) is 9.88 Å². The molecule has 0 saturated heterocycles. The summed E-state index contributed by atoms with van der Waals surface area (Å²) < 4.78 is 7.09. The van der Waals surface area contributed by atoms with E-state index in [9.17, 15) is 9.59 Å². The Balaban J connectivity index is 1.44. The maximum absolute atomic E-state index is 12.8. The number of hydrogen-bond donors (Lipinski definition) is 1. The van der Waals surface area contributed by atoms with Gasteiger partial charge in [0, 0.05) is 18.9 Å². The van der Waals surface area contributed by atoms with Crippen molar-refractivity contribution < 1.29 is 14.3 Å². The molecule has 0 aliphatic carbocycles. The van der Waals surface area contributed by atoms with Crippen LogP contribution in [0.15, 0.2) is 79.1 Å². The van der Waals surface area contributed by atoms with E-state index in [1.54, 1.807) is 17.0 Å². The summed E-state index contributed by atoms with van der Waals surface area (Å²) in [5, 5.41) is 11.8. The monoisotopic (exact) mass is 429 g/mol. The number of aromatic nitrogens is 1. The number of aryl methyl sites for hydroxylation is 1. The van der Waals surface area contributed by atoms with Crippen molar-refractivity contribution in [2.75, 3.05) is 6.54 Å². The van der Waals surface area contributed by atoms with Gasteiger partial charge in [-0.25, -0.2) is 0 Å². The highest BCUT2D eigenvalue weighted by Crippen LogP contribution is 2.15. The number of benzene rings is 2. The van der Waals surface area contributed by atoms with E-state index in [1.165, 1.54) is 5.56 Å². The zero-order chi connectivity index (χ0) is 22.6. The van der Waals surface area contributed by atoms with E-state index in [0.29, 0.717) is 12.1 Å². The molecule has 2 aromatic carbocycles. The third-order valence-electron chi connectivity index (χ3n) is 5.17. The molecule has 3 rings (SSSR count). The number of nitrogens with zero attached hydrogens (tertiary/aromatic N) is 2. The summed E-state index contributed by atoms with van der Waals surface area (Å²) in [6.07, 6.45) is 6.15. The van der Waals surface area contributed by atoms with Crippen LogP contribution in [0.4, 0.5) is 0 Å². The van der Waals surface area contributed by atoms with Crippen molar-refractivity contribution >= 4 is 11.9 Å². The molecule has 0 saturated carbocycles. The topological polar surface area (TPSA) is 84.1 Å². The first-order valence-corrected chi connectivity index (χ1v) is 10.7. The van der Waals surface area contributed by atoms with Crippen molar-refractivity contribution in [2.45, 2.75) is 38.3 Å². The first-order chi connectivity index (χ1) is 15.7. The molecule has 0 fully saturated rings. The molecule has 0 bridgehead atoms. The summed E-state index contributed by atoms with van der Waals surface area (Å²) in [4.78, 5) is 25.2. The van der Waals surface area contributed by atoms with Crippen molar-refractivity contribution in [1.29, 1.82) is 5.26 Å². The standard InChI is InChI=1S/C26H27N3O3/c27-19-22-13-11-21(12-14-22)8-4-5-15-28-26(31)24(29-16-6-7-17-29)18-25(30)32-20-23-9-2-1-3-10-23/h1-3,6-7,9-14,16-17,24H,4-5,8,15,18,20H2,(H,28,31)/t24-/m1/s1. The lowest BCUT2D eigenvalue weighted by Gasteiger charge is -2.18. The Morgan fingerprint density at radius 3 is 2.34 bits per heavy atom. The molecule has 0 unspecified atom stereocenters. The summed E-state index contributed by atoms with van der Waals surface area (Å²) in [6.45, 7) is 0.723. The zero-order valence-electron chi connectivity index (χ0n) is 17.9. The minimum atomic E-state index is -0.646. The average Bonchev–Trinajstić information content (AvgIpc) is 3.36. The fourth-order valence-corrected chi connectivity index (χ4v) is 3.37. The van der Waals surface area contributed by atoms with Crippen LogP contribution in [-0.4, -0.2) is 23.0 Å². The van der Waals surface area contributed by atoms with Crippen LogP contribution in [-0.2, 0) is 27.4 Å². The largest absolute Gasteiger partial charge is 0.461 e. The quantitative estimate of drug-likeness (QED) is 0.366. The van der Waals surface area contributed by atoms with E-state index in [-0.39, 0.29) is 18.9 Å². The van der Waals surface area contributed by atoms with Gasteiger partial charge in [-0.2, -0.15) is 5.26 Å². The van der Waals surface area contributed by atoms with Gasteiger partial charge in [0.2, 0.25) is 5.91 Å². The summed E-state index contributed by atoms with van der Waals surface area (Å²) in [7, 11) is 0. The van der Waals surface area contributed by atoms with Crippen LogP contribution >= 0.6 is 0 Å². The Bertz CT molecular complexity index is 1020. The highest BCUT2D eigenvalue weighted by molar-refractivity contribution is 5.85. The lowest BCUT2D eigenvalue weighted by atomic mass is 10.1. The molecule has 1 aromatic heterocycles. The number of nitrogens with one attached hydrogen (secondary N) is 1. The van der Waals surface area contributed by atoms with Crippen LogP contribution in [0.5, 0.6) is 0 Å². The molecule has 0 radical (unpaired) electrons. The van der Waals surface area contributed by atoms with E-state index in [1.807, 2.05) is 66.7 Å². The fraction of sp³-hybridized carbons (Fsp3) is 0.269. The number of rotatable bonds is 11. The highest BCUT2D eigenvalue weighted by Gasteiger charge is 2.23. The van der Waals surface area contributed by atoms with Gasteiger partial charge in [-0.1, -0.05) is 42.5 Å². The zero-order valence-corrected chi connectivity index (χ0v) is 17.9. The first-order valence-electron chi connectivity index (χ1n) is 10.7. The van der Waals surface area contributed by atoms with Gasteiger partial charge in [0.05, 0.1) is 18.1 Å². The third kappa shape index (κ3) is 7.13. The smallest absolute Gasteiger partial charge is 0.308 e. The van der Waals surface area contributed by atoms with E-state index in [2.05, 4.69) is 11.4 Å². The molecule has 6 heteroatoms. The second kappa shape index (κ2) is 12.1. The van der Waals surface area contributed by atoms with E-state index < -0.39 is 12.0 Å². The van der Waals surface area contributed by atoms with Crippen LogP contribution < -0.4 is 5.32 Å². The van der Waals surface area contributed by atoms with Crippen molar-refractivity contribution in [3.63, 3.8) is 0 Å². The Morgan fingerprint density at radius 2 is 1.66 bits per heavy atom. The summed E-state index contributed by atoms with van der Waals surface area (Å²) in [5.74, 6) is -0.611. The molecule has 0 aliphatic rings. The van der Waals surface area contributed by atoms with E-state index in [4.69, 9.17) is 10.00 Å². The van der Waals surface area contributed by atoms with Gasteiger partial charge in [-0.15, -0.1) is 0 Å². The number of unbranched alkanes of at least 4 members (excludes halogenated alkanes) is 1. The maximum atomic E-state index is 12.8. The van der Waals surface area contributed by atoms with Gasteiger partial charge in [0.1, 0.15) is 12.6 Å². The molecule has 1 atom stereocenters.